The number of nitrogens with one attached hydrogen (secondary N) is 1. The van der Waals surface area contributed by atoms with Gasteiger partial charge in [-0.2, -0.15) is 11.3 Å². The predicted molar refractivity (Wildman–Crippen MR) is 57.1 cm³/mol. The fraction of sp³-hybridized carbons (Fsp3) is 0.600. The molecule has 1 aliphatic heterocycles. The van der Waals surface area contributed by atoms with Crippen molar-refractivity contribution in [2.75, 3.05) is 13.1 Å². The van der Waals surface area contributed by atoms with Crippen LogP contribution in [-0.4, -0.2) is 19.1 Å². The maximum atomic E-state index is 5.66. The molecule has 0 aromatic carbocycles. The van der Waals surface area contributed by atoms with Gasteiger partial charge in [0.1, 0.15) is 0 Å². The molecular formula is C10H16N2S. The van der Waals surface area contributed by atoms with E-state index >= 15 is 0 Å². The van der Waals surface area contributed by atoms with E-state index in [1.807, 2.05) is 0 Å². The summed E-state index contributed by atoms with van der Waals surface area (Å²) in [5.41, 5.74) is 7.16. The Kier molecular flexibility index (Phi) is 2.98. The van der Waals surface area contributed by atoms with Crippen molar-refractivity contribution in [3.05, 3.63) is 22.4 Å². The van der Waals surface area contributed by atoms with Crippen LogP contribution in [0.1, 0.15) is 24.3 Å². The second kappa shape index (κ2) is 4.22. The van der Waals surface area contributed by atoms with Crippen molar-refractivity contribution in [1.29, 1.82) is 0 Å². The van der Waals surface area contributed by atoms with Gasteiger partial charge >= 0.3 is 0 Å². The molecule has 0 bridgehead atoms. The zero-order chi connectivity index (χ0) is 9.10. The smallest absolute Gasteiger partial charge is 0.0196 e. The van der Waals surface area contributed by atoms with Crippen molar-refractivity contribution >= 4 is 11.3 Å². The zero-order valence-electron chi connectivity index (χ0n) is 7.70. The van der Waals surface area contributed by atoms with Crippen LogP contribution in [-0.2, 0) is 0 Å². The Labute approximate surface area is 83.1 Å². The molecule has 1 fully saturated rings. The summed E-state index contributed by atoms with van der Waals surface area (Å²) in [6.07, 6.45) is 2.46. The summed E-state index contributed by atoms with van der Waals surface area (Å²) in [7, 11) is 0. The number of hydrogen-bond acceptors (Lipinski definition) is 3. The Bertz CT molecular complexity index is 245. The van der Waals surface area contributed by atoms with Crippen molar-refractivity contribution < 1.29 is 0 Å². The summed E-state index contributed by atoms with van der Waals surface area (Å²) in [6, 6.07) is 2.77. The van der Waals surface area contributed by atoms with Gasteiger partial charge in [-0.15, -0.1) is 0 Å². The first kappa shape index (κ1) is 9.19. The Morgan fingerprint density at radius 1 is 1.62 bits per heavy atom. The van der Waals surface area contributed by atoms with Gasteiger partial charge in [0.15, 0.2) is 0 Å². The molecular weight excluding hydrogens is 180 g/mol. The fourth-order valence-corrected chi connectivity index (χ4v) is 2.74. The number of rotatable bonds is 2. The van der Waals surface area contributed by atoms with Gasteiger partial charge < -0.3 is 11.1 Å². The van der Waals surface area contributed by atoms with E-state index in [0.29, 0.717) is 6.04 Å². The Hall–Kier alpha value is -0.380. The molecule has 2 nitrogen and oxygen atoms in total. The third-order valence-corrected chi connectivity index (χ3v) is 3.50. The minimum atomic E-state index is 0.527. The zero-order valence-corrected chi connectivity index (χ0v) is 8.52. The predicted octanol–water partition coefficient (Wildman–Crippen LogP) is 1.54. The number of hydrogen-bond donors (Lipinski definition) is 2. The van der Waals surface area contributed by atoms with Crippen molar-refractivity contribution in [1.82, 2.24) is 5.32 Å². The van der Waals surface area contributed by atoms with Gasteiger partial charge in [0.25, 0.3) is 0 Å². The first-order valence-electron chi connectivity index (χ1n) is 4.85. The lowest BCUT2D eigenvalue weighted by Crippen LogP contribution is -2.42. The van der Waals surface area contributed by atoms with Crippen LogP contribution in [0.15, 0.2) is 16.8 Å². The molecule has 1 aromatic heterocycles. The van der Waals surface area contributed by atoms with Gasteiger partial charge in [-0.05, 0) is 47.7 Å². The molecule has 2 atom stereocenters. The van der Waals surface area contributed by atoms with Crippen LogP contribution in [0, 0.1) is 0 Å². The molecule has 2 heterocycles. The van der Waals surface area contributed by atoms with Crippen LogP contribution in [0.4, 0.5) is 0 Å². The molecule has 1 saturated heterocycles. The maximum Gasteiger partial charge on any atom is 0.0196 e. The standard InChI is InChI=1S/C10H16N2S/c11-6-10-5-8(1-3-12-10)9-2-4-13-7-9/h2,4,7-8,10,12H,1,3,5-6,11H2. The normalized spacial score (nSPS) is 29.0. The highest BCUT2D eigenvalue weighted by Gasteiger charge is 2.21. The molecule has 2 unspecified atom stereocenters. The monoisotopic (exact) mass is 196 g/mol. The summed E-state index contributed by atoms with van der Waals surface area (Å²) in [5, 5.41) is 7.87. The molecule has 0 saturated carbocycles. The lowest BCUT2D eigenvalue weighted by molar-refractivity contribution is 0.368. The van der Waals surface area contributed by atoms with E-state index in [2.05, 4.69) is 22.1 Å². The van der Waals surface area contributed by atoms with Crippen molar-refractivity contribution in [3.8, 4) is 0 Å². The van der Waals surface area contributed by atoms with Gasteiger partial charge in [-0.3, -0.25) is 0 Å². The lowest BCUT2D eigenvalue weighted by Gasteiger charge is -2.29. The number of piperidine rings is 1. The molecule has 0 amide bonds. The van der Waals surface area contributed by atoms with Crippen molar-refractivity contribution in [3.63, 3.8) is 0 Å². The van der Waals surface area contributed by atoms with E-state index < -0.39 is 0 Å². The van der Waals surface area contributed by atoms with Crippen molar-refractivity contribution in [2.24, 2.45) is 5.73 Å². The molecule has 2 rings (SSSR count). The summed E-state index contributed by atoms with van der Waals surface area (Å²) in [6.45, 7) is 1.88. The van der Waals surface area contributed by atoms with Crippen LogP contribution in [0.3, 0.4) is 0 Å². The Morgan fingerprint density at radius 3 is 3.23 bits per heavy atom. The molecule has 3 N–H and O–H groups in total. The van der Waals surface area contributed by atoms with Crippen LogP contribution < -0.4 is 11.1 Å². The maximum absolute atomic E-state index is 5.66. The first-order chi connectivity index (χ1) is 6.40. The SMILES string of the molecule is NCC1CC(c2ccsc2)CCN1. The van der Waals surface area contributed by atoms with Crippen molar-refractivity contribution in [2.45, 2.75) is 24.8 Å². The van der Waals surface area contributed by atoms with Gasteiger partial charge in [-0.25, -0.2) is 0 Å². The average Bonchev–Trinajstić information content (AvgIpc) is 2.71. The number of thiophene rings is 1. The second-order valence-corrected chi connectivity index (χ2v) is 4.44. The van der Waals surface area contributed by atoms with Gasteiger partial charge in [0, 0.05) is 12.6 Å². The summed E-state index contributed by atoms with van der Waals surface area (Å²) < 4.78 is 0. The van der Waals surface area contributed by atoms with Gasteiger partial charge in [0.2, 0.25) is 0 Å². The minimum Gasteiger partial charge on any atom is -0.329 e. The Balaban J connectivity index is 2.00. The van der Waals surface area contributed by atoms with Crippen LogP contribution in [0.25, 0.3) is 0 Å². The van der Waals surface area contributed by atoms with E-state index in [4.69, 9.17) is 5.73 Å². The van der Waals surface area contributed by atoms with E-state index in [1.165, 1.54) is 18.4 Å². The van der Waals surface area contributed by atoms with E-state index in [1.54, 1.807) is 11.3 Å². The van der Waals surface area contributed by atoms with Crippen LogP contribution in [0.5, 0.6) is 0 Å². The van der Waals surface area contributed by atoms with Gasteiger partial charge in [0.05, 0.1) is 0 Å². The second-order valence-electron chi connectivity index (χ2n) is 3.66. The summed E-state index contributed by atoms with van der Waals surface area (Å²) >= 11 is 1.79. The third kappa shape index (κ3) is 2.10. The summed E-state index contributed by atoms with van der Waals surface area (Å²) in [4.78, 5) is 0. The molecule has 3 heteroatoms. The first-order valence-corrected chi connectivity index (χ1v) is 5.80. The van der Waals surface area contributed by atoms with E-state index in [0.717, 1.165) is 19.0 Å². The highest BCUT2D eigenvalue weighted by atomic mass is 32.1. The van der Waals surface area contributed by atoms with E-state index in [-0.39, 0.29) is 0 Å². The summed E-state index contributed by atoms with van der Waals surface area (Å²) in [5.74, 6) is 0.737. The molecule has 0 spiro atoms. The fourth-order valence-electron chi connectivity index (χ4n) is 2.00. The quantitative estimate of drug-likeness (QED) is 0.753. The molecule has 1 aromatic rings. The molecule has 13 heavy (non-hydrogen) atoms. The highest BCUT2D eigenvalue weighted by molar-refractivity contribution is 7.07. The highest BCUT2D eigenvalue weighted by Crippen LogP contribution is 2.28. The molecule has 0 radical (unpaired) electrons. The Morgan fingerprint density at radius 2 is 2.54 bits per heavy atom. The molecule has 72 valence electrons. The van der Waals surface area contributed by atoms with Crippen LogP contribution >= 0.6 is 11.3 Å². The van der Waals surface area contributed by atoms with Gasteiger partial charge in [-0.1, -0.05) is 0 Å². The largest absolute Gasteiger partial charge is 0.329 e. The minimum absolute atomic E-state index is 0.527. The van der Waals surface area contributed by atoms with E-state index in [9.17, 15) is 0 Å². The topological polar surface area (TPSA) is 38.0 Å². The van der Waals surface area contributed by atoms with Crippen LogP contribution in [0.2, 0.25) is 0 Å². The average molecular weight is 196 g/mol. The lowest BCUT2D eigenvalue weighted by atomic mass is 9.88. The molecule has 1 aliphatic rings. The molecule has 0 aliphatic carbocycles. The number of nitrogens with two attached hydrogens (primary N) is 1. The third-order valence-electron chi connectivity index (χ3n) is 2.79.